The van der Waals surface area contributed by atoms with Gasteiger partial charge in [0.2, 0.25) is 11.8 Å². The van der Waals surface area contributed by atoms with E-state index >= 15 is 0 Å². The number of aryl methyl sites for hydroxylation is 2. The van der Waals surface area contributed by atoms with E-state index in [1.807, 2.05) is 0 Å². The molecule has 0 aliphatic rings. The molecule has 3 heterocycles. The fourth-order valence-electron chi connectivity index (χ4n) is 1.90. The summed E-state index contributed by atoms with van der Waals surface area (Å²) in [4.78, 5) is 18.7. The average Bonchev–Trinajstić information content (AvgIpc) is 3.07. The lowest BCUT2D eigenvalue weighted by Crippen LogP contribution is -2.04. The zero-order chi connectivity index (χ0) is 16.4. The third kappa shape index (κ3) is 3.23. The molecule has 0 spiro atoms. The number of hydrogen-bond acceptors (Lipinski definition) is 8. The lowest BCUT2D eigenvalue weighted by molar-refractivity contribution is -0.384. The van der Waals surface area contributed by atoms with Gasteiger partial charge in [0.1, 0.15) is 6.20 Å². The van der Waals surface area contributed by atoms with Gasteiger partial charge in [-0.1, -0.05) is 0 Å². The molecule has 118 valence electrons. The normalized spacial score (nSPS) is 10.5. The van der Waals surface area contributed by atoms with Crippen LogP contribution in [0, 0.1) is 10.1 Å². The second-order valence-electron chi connectivity index (χ2n) is 4.74. The SMILES string of the molecule is Cn1cc(Nc2ncc([N+](=O)[O-])c(Nc3cnn(C)c3)n2)cn1. The minimum Gasteiger partial charge on any atom is -0.332 e. The second-order valence-corrected chi connectivity index (χ2v) is 4.74. The van der Waals surface area contributed by atoms with E-state index in [1.54, 1.807) is 48.2 Å². The first kappa shape index (κ1) is 14.4. The number of nitrogens with one attached hydrogen (secondary N) is 2. The monoisotopic (exact) mass is 315 g/mol. The molecule has 0 aliphatic carbocycles. The molecule has 0 saturated heterocycles. The number of hydrogen-bond donors (Lipinski definition) is 2. The molecule has 0 aliphatic heterocycles. The van der Waals surface area contributed by atoms with Crippen LogP contribution in [0.3, 0.4) is 0 Å². The molecule has 0 amide bonds. The van der Waals surface area contributed by atoms with Gasteiger partial charge in [-0.15, -0.1) is 0 Å². The number of rotatable bonds is 5. The first-order valence-corrected chi connectivity index (χ1v) is 6.54. The van der Waals surface area contributed by atoms with Crippen LogP contribution in [-0.2, 0) is 14.1 Å². The summed E-state index contributed by atoms with van der Waals surface area (Å²) in [6.07, 6.45) is 7.70. The Bertz CT molecular complexity index is 854. The number of aromatic nitrogens is 6. The molecule has 2 N–H and O–H groups in total. The molecule has 11 heteroatoms. The molecule has 0 aromatic carbocycles. The van der Waals surface area contributed by atoms with Crippen molar-refractivity contribution in [1.29, 1.82) is 0 Å². The summed E-state index contributed by atoms with van der Waals surface area (Å²) in [5.41, 5.74) is 1.03. The van der Waals surface area contributed by atoms with Crippen LogP contribution in [0.5, 0.6) is 0 Å². The smallest absolute Gasteiger partial charge is 0.329 e. The van der Waals surface area contributed by atoms with E-state index in [4.69, 9.17) is 0 Å². The Morgan fingerprint density at radius 1 is 1.04 bits per heavy atom. The Hall–Kier alpha value is -3.50. The van der Waals surface area contributed by atoms with E-state index in [0.29, 0.717) is 11.4 Å². The number of nitro groups is 1. The quantitative estimate of drug-likeness (QED) is 0.533. The van der Waals surface area contributed by atoms with Gasteiger partial charge in [-0.2, -0.15) is 15.2 Å². The predicted octanol–water partition coefficient (Wildman–Crippen LogP) is 1.34. The second kappa shape index (κ2) is 5.71. The van der Waals surface area contributed by atoms with Gasteiger partial charge in [-0.05, 0) is 0 Å². The van der Waals surface area contributed by atoms with Gasteiger partial charge in [-0.3, -0.25) is 19.5 Å². The van der Waals surface area contributed by atoms with Crippen molar-refractivity contribution in [1.82, 2.24) is 29.5 Å². The third-order valence-corrected chi connectivity index (χ3v) is 2.89. The predicted molar refractivity (Wildman–Crippen MR) is 81.7 cm³/mol. The number of nitrogens with zero attached hydrogens (tertiary/aromatic N) is 7. The van der Waals surface area contributed by atoms with E-state index < -0.39 is 4.92 Å². The molecule has 0 radical (unpaired) electrons. The van der Waals surface area contributed by atoms with Gasteiger partial charge in [-0.25, -0.2) is 4.98 Å². The standard InChI is InChI=1S/C12H13N9O2/c1-19-6-8(3-14-19)16-11-10(21(22)23)5-13-12(18-11)17-9-4-15-20(2)7-9/h3-7H,1-2H3,(H2,13,16,17,18). The highest BCUT2D eigenvalue weighted by Crippen LogP contribution is 2.26. The Labute approximate surface area is 130 Å². The fraction of sp³-hybridized carbons (Fsp3) is 0.167. The molecule has 0 fully saturated rings. The number of anilines is 4. The molecule has 3 rings (SSSR count). The van der Waals surface area contributed by atoms with Crippen LogP contribution >= 0.6 is 0 Å². The zero-order valence-corrected chi connectivity index (χ0v) is 12.3. The average molecular weight is 315 g/mol. The van der Waals surface area contributed by atoms with Crippen molar-refractivity contribution >= 4 is 28.8 Å². The van der Waals surface area contributed by atoms with Gasteiger partial charge >= 0.3 is 5.69 Å². The van der Waals surface area contributed by atoms with Crippen molar-refractivity contribution in [2.75, 3.05) is 10.6 Å². The van der Waals surface area contributed by atoms with Crippen LogP contribution < -0.4 is 10.6 Å². The van der Waals surface area contributed by atoms with Gasteiger partial charge in [0, 0.05) is 26.5 Å². The van der Waals surface area contributed by atoms with Crippen LogP contribution in [0.25, 0.3) is 0 Å². The molecule has 0 saturated carbocycles. The van der Waals surface area contributed by atoms with E-state index in [9.17, 15) is 10.1 Å². The maximum atomic E-state index is 11.1. The lowest BCUT2D eigenvalue weighted by Gasteiger charge is -2.06. The molecule has 3 aromatic heterocycles. The Kier molecular flexibility index (Phi) is 3.58. The van der Waals surface area contributed by atoms with Crippen LogP contribution in [0.4, 0.5) is 28.8 Å². The summed E-state index contributed by atoms with van der Waals surface area (Å²) in [5, 5.41) is 24.9. The van der Waals surface area contributed by atoms with E-state index in [2.05, 4.69) is 30.8 Å². The van der Waals surface area contributed by atoms with Crippen LogP contribution in [0.1, 0.15) is 0 Å². The lowest BCUT2D eigenvalue weighted by atomic mass is 10.4. The maximum Gasteiger partial charge on any atom is 0.329 e. The van der Waals surface area contributed by atoms with Crippen molar-refractivity contribution in [2.24, 2.45) is 14.1 Å². The summed E-state index contributed by atoms with van der Waals surface area (Å²) in [6.45, 7) is 0. The summed E-state index contributed by atoms with van der Waals surface area (Å²) in [6, 6.07) is 0. The van der Waals surface area contributed by atoms with Gasteiger partial charge in [0.25, 0.3) is 0 Å². The minimum absolute atomic E-state index is 0.0735. The summed E-state index contributed by atoms with van der Waals surface area (Å²) in [7, 11) is 3.52. The third-order valence-electron chi connectivity index (χ3n) is 2.89. The highest BCUT2D eigenvalue weighted by molar-refractivity contribution is 5.66. The largest absolute Gasteiger partial charge is 0.332 e. The molecular formula is C12H13N9O2. The van der Waals surface area contributed by atoms with Gasteiger partial charge in [0.05, 0.1) is 28.7 Å². The molecule has 0 bridgehead atoms. The van der Waals surface area contributed by atoms with E-state index in [1.165, 1.54) is 0 Å². The topological polar surface area (TPSA) is 129 Å². The molecule has 3 aromatic rings. The van der Waals surface area contributed by atoms with Gasteiger partial charge < -0.3 is 10.6 Å². The van der Waals surface area contributed by atoms with E-state index in [-0.39, 0.29) is 17.5 Å². The minimum atomic E-state index is -0.549. The van der Waals surface area contributed by atoms with Crippen LogP contribution in [0.2, 0.25) is 0 Å². The first-order chi connectivity index (χ1) is 11.0. The highest BCUT2D eigenvalue weighted by atomic mass is 16.6. The van der Waals surface area contributed by atoms with Crippen LogP contribution in [-0.4, -0.2) is 34.5 Å². The van der Waals surface area contributed by atoms with Crippen molar-refractivity contribution in [3.8, 4) is 0 Å². The van der Waals surface area contributed by atoms with Crippen molar-refractivity contribution in [2.45, 2.75) is 0 Å². The van der Waals surface area contributed by atoms with Crippen molar-refractivity contribution < 1.29 is 4.92 Å². The zero-order valence-electron chi connectivity index (χ0n) is 12.3. The van der Waals surface area contributed by atoms with Crippen molar-refractivity contribution in [3.05, 3.63) is 41.1 Å². The fourth-order valence-corrected chi connectivity index (χ4v) is 1.90. The summed E-state index contributed by atoms with van der Waals surface area (Å²) < 4.78 is 3.19. The summed E-state index contributed by atoms with van der Waals surface area (Å²) >= 11 is 0. The molecular weight excluding hydrogens is 302 g/mol. The molecule has 0 atom stereocenters. The Morgan fingerprint density at radius 3 is 2.17 bits per heavy atom. The highest BCUT2D eigenvalue weighted by Gasteiger charge is 2.18. The first-order valence-electron chi connectivity index (χ1n) is 6.54. The summed E-state index contributed by atoms with van der Waals surface area (Å²) in [5.74, 6) is 0.291. The molecule has 23 heavy (non-hydrogen) atoms. The van der Waals surface area contributed by atoms with Gasteiger partial charge in [0.15, 0.2) is 0 Å². The Morgan fingerprint density at radius 2 is 1.65 bits per heavy atom. The van der Waals surface area contributed by atoms with Crippen LogP contribution in [0.15, 0.2) is 31.0 Å². The van der Waals surface area contributed by atoms with Crippen molar-refractivity contribution in [3.63, 3.8) is 0 Å². The molecule has 11 nitrogen and oxygen atoms in total. The molecule has 0 unspecified atom stereocenters. The van der Waals surface area contributed by atoms with E-state index in [0.717, 1.165) is 6.20 Å². The Balaban J connectivity index is 1.90. The maximum absolute atomic E-state index is 11.1.